The molecule has 0 radical (unpaired) electrons. The molecular weight excluding hydrogens is 407 g/mol. The topological polar surface area (TPSA) is 59.0 Å². The molecule has 152 valence electrons. The Labute approximate surface area is 181 Å². The number of hydrogen-bond acceptors (Lipinski definition) is 3. The minimum absolute atomic E-state index is 0. The molecule has 0 saturated carbocycles. The van der Waals surface area contributed by atoms with Crippen molar-refractivity contribution in [3.63, 3.8) is 0 Å². The number of benzene rings is 2. The highest BCUT2D eigenvalue weighted by Gasteiger charge is 2.41. The third-order valence-electron chi connectivity index (χ3n) is 5.41. The Balaban J connectivity index is 0.00000240. The van der Waals surface area contributed by atoms with E-state index in [1.807, 2.05) is 59.4 Å². The fourth-order valence-corrected chi connectivity index (χ4v) is 3.97. The fraction of sp³-hybridized carbons (Fsp3) is 0.273. The van der Waals surface area contributed by atoms with Gasteiger partial charge in [0.05, 0.1) is 0 Å². The Bertz CT molecular complexity index is 936. The van der Waals surface area contributed by atoms with Gasteiger partial charge in [-0.2, -0.15) is 5.10 Å². The third-order valence-corrected chi connectivity index (χ3v) is 5.66. The van der Waals surface area contributed by atoms with Crippen molar-refractivity contribution in [1.82, 2.24) is 20.4 Å². The van der Waals surface area contributed by atoms with Crippen molar-refractivity contribution >= 4 is 29.9 Å². The first-order valence-electron chi connectivity index (χ1n) is 9.52. The molecule has 0 spiro atoms. The average molecular weight is 431 g/mol. The molecule has 1 aromatic heterocycles. The van der Waals surface area contributed by atoms with Crippen LogP contribution in [0.1, 0.15) is 18.4 Å². The number of aromatic nitrogens is 2. The smallest absolute Gasteiger partial charge is 0.248 e. The number of carbonyl (C=O) groups excluding carboxylic acids is 1. The molecule has 0 bridgehead atoms. The molecule has 1 fully saturated rings. The second-order valence-electron chi connectivity index (χ2n) is 7.08. The summed E-state index contributed by atoms with van der Waals surface area (Å²) in [5, 5.41) is 11.6. The maximum atomic E-state index is 13.3. The zero-order valence-corrected chi connectivity index (χ0v) is 17.5. The van der Waals surface area contributed by atoms with Gasteiger partial charge in [0.25, 0.3) is 0 Å². The molecule has 2 heterocycles. The summed E-state index contributed by atoms with van der Waals surface area (Å²) in [7, 11) is 0. The van der Waals surface area contributed by atoms with Gasteiger partial charge in [-0.1, -0.05) is 48.0 Å². The molecule has 4 rings (SSSR count). The number of nitrogens with one attached hydrogen (secondary N) is 2. The van der Waals surface area contributed by atoms with Gasteiger partial charge in [0.2, 0.25) is 5.91 Å². The number of piperidine rings is 1. The summed E-state index contributed by atoms with van der Waals surface area (Å²) >= 11 is 6.02. The molecule has 1 amide bonds. The average Bonchev–Trinajstić information content (AvgIpc) is 3.29. The van der Waals surface area contributed by atoms with Crippen molar-refractivity contribution in [2.24, 2.45) is 0 Å². The Morgan fingerprint density at radius 2 is 1.83 bits per heavy atom. The minimum Gasteiger partial charge on any atom is -0.350 e. The van der Waals surface area contributed by atoms with Crippen molar-refractivity contribution < 1.29 is 4.79 Å². The standard InChI is InChI=1S/C22H23ClN4O.ClH/c23-19-8-6-17(7-9-19)20-5-2-1-4-18(20)16-25-21(28)22(10-13-24-14-11-22)27-15-3-12-26-27;/h1-9,12,15,24H,10-11,13-14,16H2,(H,25,28);1H. The highest BCUT2D eigenvalue weighted by molar-refractivity contribution is 6.30. The summed E-state index contributed by atoms with van der Waals surface area (Å²) in [5.74, 6) is 0.0172. The van der Waals surface area contributed by atoms with E-state index in [1.165, 1.54) is 0 Å². The summed E-state index contributed by atoms with van der Waals surface area (Å²) in [6.07, 6.45) is 5.05. The van der Waals surface area contributed by atoms with E-state index in [4.69, 9.17) is 11.6 Å². The maximum absolute atomic E-state index is 13.3. The lowest BCUT2D eigenvalue weighted by molar-refractivity contribution is -0.132. The van der Waals surface area contributed by atoms with Crippen LogP contribution in [0, 0.1) is 0 Å². The van der Waals surface area contributed by atoms with Crippen LogP contribution in [-0.4, -0.2) is 28.8 Å². The summed E-state index contributed by atoms with van der Waals surface area (Å²) in [6.45, 7) is 2.07. The van der Waals surface area contributed by atoms with E-state index >= 15 is 0 Å². The molecule has 2 N–H and O–H groups in total. The first kappa shape index (κ1) is 21.4. The van der Waals surface area contributed by atoms with Crippen LogP contribution in [-0.2, 0) is 16.9 Å². The largest absolute Gasteiger partial charge is 0.350 e. The second-order valence-corrected chi connectivity index (χ2v) is 7.52. The number of amides is 1. The Morgan fingerprint density at radius 3 is 2.52 bits per heavy atom. The Morgan fingerprint density at radius 1 is 1.10 bits per heavy atom. The first-order chi connectivity index (χ1) is 13.7. The van der Waals surface area contributed by atoms with E-state index in [0.29, 0.717) is 11.6 Å². The van der Waals surface area contributed by atoms with Gasteiger partial charge in [-0.05, 0) is 60.8 Å². The molecule has 0 unspecified atom stereocenters. The van der Waals surface area contributed by atoms with Gasteiger partial charge in [0.1, 0.15) is 5.54 Å². The van der Waals surface area contributed by atoms with E-state index < -0.39 is 5.54 Å². The fourth-order valence-electron chi connectivity index (χ4n) is 3.85. The highest BCUT2D eigenvalue weighted by atomic mass is 35.5. The van der Waals surface area contributed by atoms with Crippen molar-refractivity contribution in [3.8, 4) is 11.1 Å². The van der Waals surface area contributed by atoms with Gasteiger partial charge in [-0.25, -0.2) is 0 Å². The molecule has 0 atom stereocenters. The second kappa shape index (κ2) is 9.44. The molecule has 2 aromatic carbocycles. The zero-order chi connectivity index (χ0) is 19.4. The van der Waals surface area contributed by atoms with Crippen LogP contribution in [0.3, 0.4) is 0 Å². The summed E-state index contributed by atoms with van der Waals surface area (Å²) in [4.78, 5) is 13.3. The molecule has 1 saturated heterocycles. The van der Waals surface area contributed by atoms with Gasteiger partial charge in [0.15, 0.2) is 0 Å². The van der Waals surface area contributed by atoms with Crippen LogP contribution in [0.5, 0.6) is 0 Å². The van der Waals surface area contributed by atoms with Crippen molar-refractivity contribution in [1.29, 1.82) is 0 Å². The van der Waals surface area contributed by atoms with Crippen LogP contribution in [0.25, 0.3) is 11.1 Å². The summed E-state index contributed by atoms with van der Waals surface area (Å²) < 4.78 is 1.81. The van der Waals surface area contributed by atoms with Crippen LogP contribution in [0.2, 0.25) is 5.02 Å². The van der Waals surface area contributed by atoms with Gasteiger partial charge in [-0.15, -0.1) is 12.4 Å². The van der Waals surface area contributed by atoms with E-state index in [2.05, 4.69) is 21.8 Å². The van der Waals surface area contributed by atoms with Crippen LogP contribution in [0.4, 0.5) is 0 Å². The normalized spacial score (nSPS) is 15.3. The molecule has 0 aliphatic carbocycles. The number of halogens is 2. The van der Waals surface area contributed by atoms with Gasteiger partial charge in [-0.3, -0.25) is 9.48 Å². The van der Waals surface area contributed by atoms with E-state index in [9.17, 15) is 4.79 Å². The van der Waals surface area contributed by atoms with Crippen molar-refractivity contribution in [3.05, 3.63) is 77.6 Å². The minimum atomic E-state index is -0.635. The van der Waals surface area contributed by atoms with Gasteiger partial charge >= 0.3 is 0 Å². The van der Waals surface area contributed by atoms with Crippen molar-refractivity contribution in [2.75, 3.05) is 13.1 Å². The molecule has 1 aliphatic rings. The number of carbonyl (C=O) groups is 1. The number of rotatable bonds is 5. The quantitative estimate of drug-likeness (QED) is 0.642. The third kappa shape index (κ3) is 4.47. The molecule has 1 aliphatic heterocycles. The van der Waals surface area contributed by atoms with Crippen LogP contribution < -0.4 is 10.6 Å². The predicted octanol–water partition coefficient (Wildman–Crippen LogP) is 4.02. The zero-order valence-electron chi connectivity index (χ0n) is 16.0. The highest BCUT2D eigenvalue weighted by Crippen LogP contribution is 2.28. The van der Waals surface area contributed by atoms with Crippen LogP contribution in [0.15, 0.2) is 67.0 Å². The van der Waals surface area contributed by atoms with Crippen molar-refractivity contribution in [2.45, 2.75) is 24.9 Å². The van der Waals surface area contributed by atoms with Gasteiger partial charge < -0.3 is 10.6 Å². The molecule has 7 heteroatoms. The first-order valence-corrected chi connectivity index (χ1v) is 9.90. The lowest BCUT2D eigenvalue weighted by Gasteiger charge is -2.36. The monoisotopic (exact) mass is 430 g/mol. The Hall–Kier alpha value is -2.34. The summed E-state index contributed by atoms with van der Waals surface area (Å²) in [6, 6.07) is 17.8. The summed E-state index contributed by atoms with van der Waals surface area (Å²) in [5.41, 5.74) is 2.61. The maximum Gasteiger partial charge on any atom is 0.248 e. The number of hydrogen-bond donors (Lipinski definition) is 2. The van der Waals surface area contributed by atoms with Crippen LogP contribution >= 0.6 is 24.0 Å². The van der Waals surface area contributed by atoms with E-state index in [-0.39, 0.29) is 18.3 Å². The van der Waals surface area contributed by atoms with E-state index in [1.54, 1.807) is 6.20 Å². The molecule has 29 heavy (non-hydrogen) atoms. The van der Waals surface area contributed by atoms with Gasteiger partial charge in [0, 0.05) is 24.0 Å². The van der Waals surface area contributed by atoms with E-state index in [0.717, 1.165) is 42.6 Å². The molecule has 5 nitrogen and oxygen atoms in total. The lowest BCUT2D eigenvalue weighted by atomic mass is 9.87. The predicted molar refractivity (Wildman–Crippen MR) is 118 cm³/mol. The SMILES string of the molecule is Cl.O=C(NCc1ccccc1-c1ccc(Cl)cc1)C1(n2cccn2)CCNCC1. The molecular formula is C22H24Cl2N4O. The Kier molecular flexibility index (Phi) is 6.96. The number of nitrogens with zero attached hydrogens (tertiary/aromatic N) is 2. The lowest BCUT2D eigenvalue weighted by Crippen LogP contribution is -2.54. The molecule has 3 aromatic rings.